The predicted molar refractivity (Wildman–Crippen MR) is 166 cm³/mol. The highest BCUT2D eigenvalue weighted by Crippen LogP contribution is 2.21. The minimum Gasteiger partial charge on any atom is -0.466 e. The molecule has 5 nitrogen and oxygen atoms in total. The Labute approximate surface area is 245 Å². The van der Waals surface area contributed by atoms with Crippen LogP contribution < -0.4 is 0 Å². The van der Waals surface area contributed by atoms with Crippen LogP contribution in [0.4, 0.5) is 0 Å². The average Bonchev–Trinajstić information content (AvgIpc) is 2.91. The molecule has 6 heteroatoms. The van der Waals surface area contributed by atoms with E-state index in [9.17, 15) is 14.4 Å². The van der Waals surface area contributed by atoms with E-state index in [4.69, 9.17) is 9.47 Å². The predicted octanol–water partition coefficient (Wildman–Crippen LogP) is 9.49. The molecule has 0 amide bonds. The lowest BCUT2D eigenvalue weighted by Crippen LogP contribution is -2.26. The second kappa shape index (κ2) is 28.5. The van der Waals surface area contributed by atoms with Gasteiger partial charge in [-0.2, -0.15) is 11.8 Å². The molecular formula is C33H62O5S. The summed E-state index contributed by atoms with van der Waals surface area (Å²) in [5.74, 6) is 0.936. The summed E-state index contributed by atoms with van der Waals surface area (Å²) in [5, 5.41) is 0. The molecule has 1 unspecified atom stereocenters. The van der Waals surface area contributed by atoms with E-state index in [1.807, 2.05) is 0 Å². The van der Waals surface area contributed by atoms with Gasteiger partial charge in [-0.3, -0.25) is 9.59 Å². The van der Waals surface area contributed by atoms with Crippen molar-refractivity contribution in [3.63, 3.8) is 0 Å². The second-order valence-corrected chi connectivity index (χ2v) is 12.7. The van der Waals surface area contributed by atoms with Crippen molar-refractivity contribution in [3.05, 3.63) is 0 Å². The van der Waals surface area contributed by atoms with Gasteiger partial charge in [-0.1, -0.05) is 111 Å². The Morgan fingerprint density at radius 2 is 1.28 bits per heavy atom. The highest BCUT2D eigenvalue weighted by atomic mass is 32.2. The number of hydrogen-bond donors (Lipinski definition) is 0. The Morgan fingerprint density at radius 3 is 1.85 bits per heavy atom. The van der Waals surface area contributed by atoms with Gasteiger partial charge in [-0.05, 0) is 38.0 Å². The molecule has 0 rings (SSSR count). The van der Waals surface area contributed by atoms with E-state index in [2.05, 4.69) is 27.7 Å². The summed E-state index contributed by atoms with van der Waals surface area (Å²) < 4.78 is 11.3. The number of rotatable bonds is 29. The largest absolute Gasteiger partial charge is 0.466 e. The number of carbonyl (C=O) groups is 3. The fourth-order valence-corrected chi connectivity index (χ4v) is 5.68. The number of carbonyl (C=O) groups excluding carboxylic acids is 3. The van der Waals surface area contributed by atoms with E-state index in [1.54, 1.807) is 0 Å². The van der Waals surface area contributed by atoms with Gasteiger partial charge >= 0.3 is 11.9 Å². The Hall–Kier alpha value is -1.04. The Balaban J connectivity index is 4.43. The van der Waals surface area contributed by atoms with Gasteiger partial charge in [0, 0.05) is 17.9 Å². The molecule has 0 saturated heterocycles. The number of thioether (sulfide) groups is 1. The first-order valence-electron chi connectivity index (χ1n) is 16.3. The third-order valence-corrected chi connectivity index (χ3v) is 8.35. The van der Waals surface area contributed by atoms with Crippen molar-refractivity contribution < 1.29 is 23.9 Å². The highest BCUT2D eigenvalue weighted by molar-refractivity contribution is 7.99. The normalized spacial score (nSPS) is 12.2. The maximum Gasteiger partial charge on any atom is 0.310 e. The van der Waals surface area contributed by atoms with Gasteiger partial charge in [0.15, 0.2) is 0 Å². The summed E-state index contributed by atoms with van der Waals surface area (Å²) in [4.78, 5) is 36.3. The summed E-state index contributed by atoms with van der Waals surface area (Å²) in [6.07, 6.45) is 22.2. The van der Waals surface area contributed by atoms with Gasteiger partial charge in [0.1, 0.15) is 12.4 Å². The molecule has 0 saturated carbocycles. The average molecular weight is 571 g/mol. The molecule has 0 heterocycles. The van der Waals surface area contributed by atoms with Crippen molar-refractivity contribution in [2.45, 2.75) is 162 Å². The number of aldehydes is 1. The summed E-state index contributed by atoms with van der Waals surface area (Å²) in [5.41, 5.74) is 0. The van der Waals surface area contributed by atoms with E-state index in [1.165, 1.54) is 88.8 Å². The molecule has 0 aliphatic heterocycles. The van der Waals surface area contributed by atoms with E-state index in [0.717, 1.165) is 50.7 Å². The van der Waals surface area contributed by atoms with Crippen LogP contribution in [0.25, 0.3) is 0 Å². The van der Waals surface area contributed by atoms with Crippen molar-refractivity contribution >= 4 is 30.0 Å². The van der Waals surface area contributed by atoms with Crippen molar-refractivity contribution in [2.75, 3.05) is 18.1 Å². The molecule has 0 spiro atoms. The van der Waals surface area contributed by atoms with Gasteiger partial charge in [0.05, 0.1) is 18.9 Å². The summed E-state index contributed by atoms with van der Waals surface area (Å²) >= 11 is 1.53. The molecule has 0 bridgehead atoms. The lowest BCUT2D eigenvalue weighted by atomic mass is 10.0. The molecular weight excluding hydrogens is 508 g/mol. The topological polar surface area (TPSA) is 69.7 Å². The number of unbranched alkanes of at least 4 members (excludes halogenated alkanes) is 12. The van der Waals surface area contributed by atoms with Crippen LogP contribution in [0.2, 0.25) is 0 Å². The molecule has 230 valence electrons. The van der Waals surface area contributed by atoms with Crippen LogP contribution in [0.15, 0.2) is 0 Å². The van der Waals surface area contributed by atoms with Crippen LogP contribution >= 0.6 is 11.8 Å². The van der Waals surface area contributed by atoms with Crippen molar-refractivity contribution in [2.24, 2.45) is 11.8 Å². The van der Waals surface area contributed by atoms with Crippen molar-refractivity contribution in [1.82, 2.24) is 0 Å². The maximum absolute atomic E-state index is 13.0. The number of esters is 2. The fraction of sp³-hybridized carbons (Fsp3) is 0.909. The molecule has 0 aliphatic carbocycles. The summed E-state index contributed by atoms with van der Waals surface area (Å²) in [6.45, 7) is 9.39. The van der Waals surface area contributed by atoms with Crippen LogP contribution in [-0.2, 0) is 23.9 Å². The monoisotopic (exact) mass is 570 g/mol. The first kappa shape index (κ1) is 38.0. The standard InChI is InChI=1S/C33H62O5S/c1-5-7-9-11-13-17-21-31(22-18-14-12-10-8-6-2)38-33(36)30(23-25-34)28-39-27-24-32(35)37-26-19-15-16-20-29(3)4/h25,29-31H,5-24,26-28H2,1-4H3. The molecule has 0 aliphatic rings. The lowest BCUT2D eigenvalue weighted by molar-refractivity contribution is -0.154. The first-order valence-corrected chi connectivity index (χ1v) is 17.5. The number of ether oxygens (including phenoxy) is 2. The molecule has 39 heavy (non-hydrogen) atoms. The minimum absolute atomic E-state index is 0.0514. The van der Waals surface area contributed by atoms with Crippen LogP contribution in [0, 0.1) is 11.8 Å². The van der Waals surface area contributed by atoms with Crippen molar-refractivity contribution in [1.29, 1.82) is 0 Å². The van der Waals surface area contributed by atoms with Crippen molar-refractivity contribution in [3.8, 4) is 0 Å². The zero-order valence-corrected chi connectivity index (χ0v) is 26.8. The molecule has 0 aromatic heterocycles. The fourth-order valence-electron chi connectivity index (χ4n) is 4.65. The van der Waals surface area contributed by atoms with Gasteiger partial charge in [-0.15, -0.1) is 0 Å². The molecule has 1 atom stereocenters. The zero-order valence-electron chi connectivity index (χ0n) is 26.0. The molecule has 0 aromatic carbocycles. The van der Waals surface area contributed by atoms with Gasteiger partial charge in [0.25, 0.3) is 0 Å². The van der Waals surface area contributed by atoms with Crippen LogP contribution in [0.5, 0.6) is 0 Å². The van der Waals surface area contributed by atoms with Crippen LogP contribution in [0.1, 0.15) is 156 Å². The van der Waals surface area contributed by atoms with E-state index < -0.39 is 5.92 Å². The summed E-state index contributed by atoms with van der Waals surface area (Å²) in [6, 6.07) is 0. The molecule has 0 radical (unpaired) electrons. The molecule has 0 fully saturated rings. The summed E-state index contributed by atoms with van der Waals surface area (Å²) in [7, 11) is 0. The third-order valence-electron chi connectivity index (χ3n) is 7.21. The lowest BCUT2D eigenvalue weighted by Gasteiger charge is -2.21. The van der Waals surface area contributed by atoms with Crippen LogP contribution in [0.3, 0.4) is 0 Å². The van der Waals surface area contributed by atoms with Gasteiger partial charge < -0.3 is 14.3 Å². The quantitative estimate of drug-likeness (QED) is 0.0507. The minimum atomic E-state index is -0.443. The molecule has 0 aromatic rings. The second-order valence-electron chi connectivity index (χ2n) is 11.6. The zero-order chi connectivity index (χ0) is 29.0. The smallest absolute Gasteiger partial charge is 0.310 e. The SMILES string of the molecule is CCCCCCCCC(CCCCCCCC)OC(=O)C(CC=O)CSCCC(=O)OCCCCCC(C)C. The van der Waals surface area contributed by atoms with E-state index >= 15 is 0 Å². The Kier molecular flexibility index (Phi) is 27.7. The molecule has 0 N–H and O–H groups in total. The third kappa shape index (κ3) is 25.7. The Bertz CT molecular complexity index is 564. The Morgan fingerprint density at radius 1 is 0.744 bits per heavy atom. The first-order chi connectivity index (χ1) is 18.9. The highest BCUT2D eigenvalue weighted by Gasteiger charge is 2.23. The number of hydrogen-bond acceptors (Lipinski definition) is 6. The maximum atomic E-state index is 13.0. The van der Waals surface area contributed by atoms with Gasteiger partial charge in [0.2, 0.25) is 0 Å². The van der Waals surface area contributed by atoms with Crippen LogP contribution in [-0.4, -0.2) is 42.4 Å². The van der Waals surface area contributed by atoms with Gasteiger partial charge in [-0.25, -0.2) is 0 Å². The van der Waals surface area contributed by atoms with E-state index in [0.29, 0.717) is 24.5 Å². The van der Waals surface area contributed by atoms with E-state index in [-0.39, 0.29) is 24.5 Å².